The van der Waals surface area contributed by atoms with E-state index in [2.05, 4.69) is 15.0 Å². The first kappa shape index (κ1) is 15.1. The summed E-state index contributed by atoms with van der Waals surface area (Å²) in [4.78, 5) is 26.4. The first-order chi connectivity index (χ1) is 11.6. The number of hydrogen-bond donors (Lipinski definition) is 0. The fourth-order valence-corrected chi connectivity index (χ4v) is 3.30. The standard InChI is InChI=1S/C16H19N5O3/c1-20-8-13(19-11-20)15(22)21-9-16(10-21)6-12(2-5-23-16)24-14-7-17-3-4-18-14/h3-4,7-8,11-12H,2,5-6,9-10H2,1H3/t12-/m1/s1. The number of hydrogen-bond acceptors (Lipinski definition) is 6. The fraction of sp³-hybridized carbons (Fsp3) is 0.500. The Morgan fingerprint density at radius 3 is 2.96 bits per heavy atom. The Kier molecular flexibility index (Phi) is 3.68. The third kappa shape index (κ3) is 2.84. The molecule has 24 heavy (non-hydrogen) atoms. The van der Waals surface area contributed by atoms with Crippen LogP contribution in [-0.4, -0.2) is 61.7 Å². The lowest BCUT2D eigenvalue weighted by Crippen LogP contribution is -2.67. The van der Waals surface area contributed by atoms with Crippen LogP contribution in [0, 0.1) is 0 Å². The second-order valence-electron chi connectivity index (χ2n) is 6.39. The molecule has 0 radical (unpaired) electrons. The van der Waals surface area contributed by atoms with Gasteiger partial charge in [0.1, 0.15) is 17.4 Å². The maximum Gasteiger partial charge on any atom is 0.274 e. The Bertz CT molecular complexity index is 726. The van der Waals surface area contributed by atoms with Crippen molar-refractivity contribution in [3.05, 3.63) is 36.8 Å². The summed E-state index contributed by atoms with van der Waals surface area (Å²) in [5.41, 5.74) is 0.158. The molecule has 2 aromatic heterocycles. The normalized spacial score (nSPS) is 22.2. The van der Waals surface area contributed by atoms with E-state index >= 15 is 0 Å². The number of likely N-dealkylation sites (tertiary alicyclic amines) is 1. The van der Waals surface area contributed by atoms with Crippen LogP contribution in [0.2, 0.25) is 0 Å². The van der Waals surface area contributed by atoms with Gasteiger partial charge in [0.2, 0.25) is 5.88 Å². The average molecular weight is 329 g/mol. The Balaban J connectivity index is 1.36. The largest absolute Gasteiger partial charge is 0.473 e. The Morgan fingerprint density at radius 1 is 1.38 bits per heavy atom. The van der Waals surface area contributed by atoms with Crippen LogP contribution in [0.4, 0.5) is 0 Å². The topological polar surface area (TPSA) is 82.4 Å². The van der Waals surface area contributed by atoms with Gasteiger partial charge in [-0.25, -0.2) is 9.97 Å². The number of amides is 1. The number of aryl methyl sites for hydroxylation is 1. The number of aromatic nitrogens is 4. The smallest absolute Gasteiger partial charge is 0.274 e. The van der Waals surface area contributed by atoms with Gasteiger partial charge < -0.3 is 18.9 Å². The number of rotatable bonds is 3. The highest BCUT2D eigenvalue weighted by Gasteiger charge is 2.50. The summed E-state index contributed by atoms with van der Waals surface area (Å²) < 4.78 is 13.6. The minimum absolute atomic E-state index is 0.0301. The SMILES string of the molecule is Cn1cnc(C(=O)N2CC3(C[C@H](Oc4cnccn4)CCO3)C2)c1. The van der Waals surface area contributed by atoms with Crippen LogP contribution in [0.1, 0.15) is 23.3 Å². The summed E-state index contributed by atoms with van der Waals surface area (Å²) in [5, 5.41) is 0. The fourth-order valence-electron chi connectivity index (χ4n) is 3.30. The summed E-state index contributed by atoms with van der Waals surface area (Å²) >= 11 is 0. The highest BCUT2D eigenvalue weighted by Crippen LogP contribution is 2.36. The lowest BCUT2D eigenvalue weighted by atomic mass is 9.84. The Morgan fingerprint density at radius 2 is 2.25 bits per heavy atom. The molecule has 1 spiro atoms. The number of imidazole rings is 1. The van der Waals surface area contributed by atoms with Gasteiger partial charge in [-0.3, -0.25) is 9.78 Å². The molecule has 8 heteroatoms. The van der Waals surface area contributed by atoms with Crippen LogP contribution in [0.5, 0.6) is 5.88 Å². The molecule has 0 bridgehead atoms. The van der Waals surface area contributed by atoms with E-state index in [0.717, 1.165) is 12.8 Å². The van der Waals surface area contributed by atoms with E-state index in [0.29, 0.717) is 31.3 Å². The number of nitrogens with zero attached hydrogens (tertiary/aromatic N) is 5. The molecule has 0 saturated carbocycles. The highest BCUT2D eigenvalue weighted by atomic mass is 16.5. The first-order valence-corrected chi connectivity index (χ1v) is 7.97. The van der Waals surface area contributed by atoms with E-state index in [1.54, 1.807) is 40.6 Å². The van der Waals surface area contributed by atoms with Crippen molar-refractivity contribution >= 4 is 5.91 Å². The molecule has 0 N–H and O–H groups in total. The van der Waals surface area contributed by atoms with Crippen LogP contribution < -0.4 is 4.74 Å². The average Bonchev–Trinajstić information content (AvgIpc) is 3.00. The molecule has 2 aliphatic heterocycles. The van der Waals surface area contributed by atoms with Crippen molar-refractivity contribution in [1.29, 1.82) is 0 Å². The van der Waals surface area contributed by atoms with Gasteiger partial charge in [0.15, 0.2) is 0 Å². The summed E-state index contributed by atoms with van der Waals surface area (Å²) in [7, 11) is 1.85. The van der Waals surface area contributed by atoms with E-state index in [1.165, 1.54) is 0 Å². The van der Waals surface area contributed by atoms with Crippen molar-refractivity contribution in [2.75, 3.05) is 19.7 Å². The molecule has 4 heterocycles. The third-order valence-electron chi connectivity index (χ3n) is 4.44. The van der Waals surface area contributed by atoms with Gasteiger partial charge in [-0.2, -0.15) is 0 Å². The Hall–Kier alpha value is -2.48. The van der Waals surface area contributed by atoms with Gasteiger partial charge in [-0.1, -0.05) is 0 Å². The maximum atomic E-state index is 12.4. The maximum absolute atomic E-state index is 12.4. The predicted molar refractivity (Wildman–Crippen MR) is 83.5 cm³/mol. The molecule has 2 fully saturated rings. The van der Waals surface area contributed by atoms with Crippen LogP contribution in [0.25, 0.3) is 0 Å². The minimum atomic E-state index is -0.310. The van der Waals surface area contributed by atoms with Gasteiger partial charge in [0.25, 0.3) is 5.91 Å². The zero-order valence-electron chi connectivity index (χ0n) is 13.5. The molecule has 2 aromatic rings. The molecule has 126 valence electrons. The predicted octanol–water partition coefficient (Wildman–Crippen LogP) is 0.663. The number of carbonyl (C=O) groups excluding carboxylic acids is 1. The van der Waals surface area contributed by atoms with Crippen LogP contribution in [0.3, 0.4) is 0 Å². The van der Waals surface area contributed by atoms with Crippen LogP contribution in [0.15, 0.2) is 31.1 Å². The lowest BCUT2D eigenvalue weighted by molar-refractivity contribution is -0.174. The minimum Gasteiger partial charge on any atom is -0.473 e. The van der Waals surface area contributed by atoms with Crippen molar-refractivity contribution in [2.24, 2.45) is 7.05 Å². The van der Waals surface area contributed by atoms with Gasteiger partial charge >= 0.3 is 0 Å². The van der Waals surface area contributed by atoms with Gasteiger partial charge in [-0.05, 0) is 0 Å². The van der Waals surface area contributed by atoms with Crippen molar-refractivity contribution < 1.29 is 14.3 Å². The third-order valence-corrected chi connectivity index (χ3v) is 4.44. The molecule has 2 saturated heterocycles. The van der Waals surface area contributed by atoms with Gasteiger partial charge in [0, 0.05) is 38.5 Å². The molecular weight excluding hydrogens is 310 g/mol. The molecule has 1 amide bonds. The zero-order chi connectivity index (χ0) is 16.6. The van der Waals surface area contributed by atoms with Crippen LogP contribution >= 0.6 is 0 Å². The first-order valence-electron chi connectivity index (χ1n) is 7.97. The second kappa shape index (κ2) is 5.86. The lowest BCUT2D eigenvalue weighted by Gasteiger charge is -2.52. The number of carbonyl (C=O) groups is 1. The number of ether oxygens (including phenoxy) is 2. The van der Waals surface area contributed by atoms with E-state index in [9.17, 15) is 4.79 Å². The van der Waals surface area contributed by atoms with E-state index in [4.69, 9.17) is 9.47 Å². The summed E-state index contributed by atoms with van der Waals surface area (Å²) in [6, 6.07) is 0. The molecule has 4 rings (SSSR count). The van der Waals surface area contributed by atoms with E-state index in [1.807, 2.05) is 7.05 Å². The molecular formula is C16H19N5O3. The summed E-state index contributed by atoms with van der Waals surface area (Å²) in [6.45, 7) is 1.77. The van der Waals surface area contributed by atoms with E-state index < -0.39 is 0 Å². The molecule has 8 nitrogen and oxygen atoms in total. The Labute approximate surface area is 139 Å². The van der Waals surface area contributed by atoms with Gasteiger partial charge in [-0.15, -0.1) is 0 Å². The summed E-state index contributed by atoms with van der Waals surface area (Å²) in [5.74, 6) is 0.474. The van der Waals surface area contributed by atoms with Crippen molar-refractivity contribution in [2.45, 2.75) is 24.5 Å². The quantitative estimate of drug-likeness (QED) is 0.823. The van der Waals surface area contributed by atoms with Crippen molar-refractivity contribution in [3.8, 4) is 5.88 Å². The second-order valence-corrected chi connectivity index (χ2v) is 6.39. The highest BCUT2D eigenvalue weighted by molar-refractivity contribution is 5.92. The van der Waals surface area contributed by atoms with E-state index in [-0.39, 0.29) is 17.6 Å². The molecule has 1 atom stereocenters. The van der Waals surface area contributed by atoms with Gasteiger partial charge in [0.05, 0.1) is 32.2 Å². The van der Waals surface area contributed by atoms with Crippen molar-refractivity contribution in [3.63, 3.8) is 0 Å². The van der Waals surface area contributed by atoms with Crippen molar-refractivity contribution in [1.82, 2.24) is 24.4 Å². The monoisotopic (exact) mass is 329 g/mol. The molecule has 2 aliphatic rings. The molecule has 0 aliphatic carbocycles. The zero-order valence-corrected chi connectivity index (χ0v) is 13.5. The molecule has 0 aromatic carbocycles. The summed E-state index contributed by atoms with van der Waals surface area (Å²) in [6.07, 6.45) is 9.79. The molecule has 0 unspecified atom stereocenters. The van der Waals surface area contributed by atoms with Crippen LogP contribution in [-0.2, 0) is 11.8 Å².